The van der Waals surface area contributed by atoms with Crippen molar-refractivity contribution in [3.63, 3.8) is 0 Å². The van der Waals surface area contributed by atoms with Crippen LogP contribution in [0.15, 0.2) is 5.16 Å². The molecule has 7 nitrogen and oxygen atoms in total. The molecule has 1 saturated heterocycles. The predicted octanol–water partition coefficient (Wildman–Crippen LogP) is 1.03. The summed E-state index contributed by atoms with van der Waals surface area (Å²) in [6.07, 6.45) is 5.41. The van der Waals surface area contributed by atoms with Gasteiger partial charge in [-0.3, -0.25) is 14.5 Å². The maximum absolute atomic E-state index is 11.5. The van der Waals surface area contributed by atoms with E-state index in [2.05, 4.69) is 15.5 Å². The Labute approximate surface area is 121 Å². The maximum atomic E-state index is 11.5. The summed E-state index contributed by atoms with van der Waals surface area (Å²) < 4.78 is 1.89. The van der Waals surface area contributed by atoms with Gasteiger partial charge >= 0.3 is 0 Å². The predicted molar refractivity (Wildman–Crippen MR) is 72.0 cm³/mol. The number of nitrogens with zero attached hydrogens (tertiary/aromatic N) is 5. The first kappa shape index (κ1) is 13.5. The van der Waals surface area contributed by atoms with Gasteiger partial charge in [0.1, 0.15) is 0 Å². The Morgan fingerprint density at radius 2 is 1.85 bits per heavy atom. The van der Waals surface area contributed by atoms with Gasteiger partial charge < -0.3 is 0 Å². The highest BCUT2D eigenvalue weighted by Gasteiger charge is 2.28. The zero-order chi connectivity index (χ0) is 13.9. The third kappa shape index (κ3) is 2.70. The lowest BCUT2D eigenvalue weighted by atomic mass is 10.3. The Hall–Kier alpha value is -1.44. The van der Waals surface area contributed by atoms with E-state index in [1.807, 2.05) is 4.68 Å². The van der Waals surface area contributed by atoms with Crippen molar-refractivity contribution in [2.24, 2.45) is 0 Å². The molecule has 2 heterocycles. The van der Waals surface area contributed by atoms with Crippen LogP contribution in [-0.4, -0.2) is 49.2 Å². The van der Waals surface area contributed by atoms with E-state index < -0.39 is 0 Å². The van der Waals surface area contributed by atoms with Crippen molar-refractivity contribution in [1.82, 2.24) is 25.1 Å². The number of likely N-dealkylation sites (tertiary alicyclic amines) is 1. The molecule has 0 radical (unpaired) electrons. The van der Waals surface area contributed by atoms with Crippen molar-refractivity contribution in [3.05, 3.63) is 0 Å². The van der Waals surface area contributed by atoms with Crippen LogP contribution in [-0.2, 0) is 9.59 Å². The summed E-state index contributed by atoms with van der Waals surface area (Å²) in [5.74, 6) is 0.516. The highest BCUT2D eigenvalue weighted by atomic mass is 32.2. The average molecular weight is 295 g/mol. The van der Waals surface area contributed by atoms with E-state index in [0.717, 1.165) is 18.0 Å². The van der Waals surface area contributed by atoms with Gasteiger partial charge in [0, 0.05) is 25.1 Å². The molecule has 0 N–H and O–H groups in total. The molecule has 1 aromatic heterocycles. The number of rotatable bonds is 5. The van der Waals surface area contributed by atoms with Crippen LogP contribution >= 0.6 is 11.8 Å². The van der Waals surface area contributed by atoms with E-state index >= 15 is 0 Å². The Morgan fingerprint density at radius 1 is 1.15 bits per heavy atom. The second kappa shape index (κ2) is 5.90. The average Bonchev–Trinajstić information content (AvgIpc) is 3.14. The van der Waals surface area contributed by atoms with Crippen molar-refractivity contribution < 1.29 is 9.59 Å². The summed E-state index contributed by atoms with van der Waals surface area (Å²) in [6.45, 7) is 0.444. The maximum Gasteiger partial charge on any atom is 0.229 e. The van der Waals surface area contributed by atoms with Crippen molar-refractivity contribution in [1.29, 1.82) is 0 Å². The van der Waals surface area contributed by atoms with Gasteiger partial charge in [0.15, 0.2) is 0 Å². The van der Waals surface area contributed by atoms with E-state index in [9.17, 15) is 9.59 Å². The van der Waals surface area contributed by atoms with Crippen LogP contribution in [0.4, 0.5) is 0 Å². The van der Waals surface area contributed by atoms with E-state index in [1.165, 1.54) is 29.5 Å². The quantitative estimate of drug-likeness (QED) is 0.596. The van der Waals surface area contributed by atoms with Gasteiger partial charge in [-0.1, -0.05) is 24.6 Å². The van der Waals surface area contributed by atoms with Crippen LogP contribution < -0.4 is 0 Å². The molecule has 0 spiro atoms. The van der Waals surface area contributed by atoms with Gasteiger partial charge in [-0.25, -0.2) is 4.68 Å². The van der Waals surface area contributed by atoms with Crippen molar-refractivity contribution >= 4 is 23.6 Å². The number of aromatic nitrogens is 4. The second-order valence-corrected chi connectivity index (χ2v) is 6.19. The van der Waals surface area contributed by atoms with Crippen LogP contribution in [0, 0.1) is 0 Å². The summed E-state index contributed by atoms with van der Waals surface area (Å²) in [7, 11) is 0. The molecule has 20 heavy (non-hydrogen) atoms. The highest BCUT2D eigenvalue weighted by molar-refractivity contribution is 7.99. The summed E-state index contributed by atoms with van der Waals surface area (Å²) in [4.78, 5) is 24.4. The zero-order valence-corrected chi connectivity index (χ0v) is 12.0. The molecular formula is C12H17N5O2S. The smallest absolute Gasteiger partial charge is 0.229 e. The molecule has 8 heteroatoms. The minimum Gasteiger partial charge on any atom is -0.282 e. The number of carbonyl (C=O) groups is 2. The molecule has 2 amide bonds. The lowest BCUT2D eigenvalue weighted by molar-refractivity contribution is -0.137. The first-order chi connectivity index (χ1) is 9.75. The summed E-state index contributed by atoms with van der Waals surface area (Å²) >= 11 is 1.51. The third-order valence-electron chi connectivity index (χ3n) is 3.83. The Kier molecular flexibility index (Phi) is 4.00. The molecule has 1 saturated carbocycles. The highest BCUT2D eigenvalue weighted by Crippen LogP contribution is 2.31. The SMILES string of the molecule is O=C1CCC(=O)N1CCSc1nnnn1C1CCCC1. The molecule has 0 bridgehead atoms. The molecule has 0 unspecified atom stereocenters. The molecule has 108 valence electrons. The van der Waals surface area contributed by atoms with Crippen LogP contribution in [0.1, 0.15) is 44.6 Å². The molecule has 1 aliphatic heterocycles. The summed E-state index contributed by atoms with van der Waals surface area (Å²) in [5.41, 5.74) is 0. The van der Waals surface area contributed by atoms with Crippen LogP contribution in [0.25, 0.3) is 0 Å². The number of amides is 2. The fourth-order valence-corrected chi connectivity index (χ4v) is 3.63. The lowest BCUT2D eigenvalue weighted by Gasteiger charge is -2.14. The largest absolute Gasteiger partial charge is 0.282 e. The molecule has 2 aliphatic rings. The fourth-order valence-electron chi connectivity index (χ4n) is 2.76. The molecule has 1 aliphatic carbocycles. The van der Waals surface area contributed by atoms with Crippen LogP contribution in [0.2, 0.25) is 0 Å². The molecule has 0 atom stereocenters. The van der Waals surface area contributed by atoms with Crippen LogP contribution in [0.5, 0.6) is 0 Å². The van der Waals surface area contributed by atoms with Gasteiger partial charge in [0.05, 0.1) is 6.04 Å². The first-order valence-electron chi connectivity index (χ1n) is 6.99. The van der Waals surface area contributed by atoms with Gasteiger partial charge in [0.25, 0.3) is 0 Å². The molecule has 3 rings (SSSR count). The number of thioether (sulfide) groups is 1. The van der Waals surface area contributed by atoms with Crippen molar-refractivity contribution in [2.75, 3.05) is 12.3 Å². The van der Waals surface area contributed by atoms with Gasteiger partial charge in [-0.15, -0.1) is 5.10 Å². The van der Waals surface area contributed by atoms with Crippen LogP contribution in [0.3, 0.4) is 0 Å². The topological polar surface area (TPSA) is 81.0 Å². The van der Waals surface area contributed by atoms with E-state index in [1.54, 1.807) is 0 Å². The number of imide groups is 1. The first-order valence-corrected chi connectivity index (χ1v) is 7.98. The number of carbonyl (C=O) groups excluding carboxylic acids is 2. The number of hydrogen-bond donors (Lipinski definition) is 0. The monoisotopic (exact) mass is 295 g/mol. The van der Waals surface area contributed by atoms with Gasteiger partial charge in [-0.2, -0.15) is 0 Å². The summed E-state index contributed by atoms with van der Waals surface area (Å²) in [5, 5.41) is 12.6. The number of tetrazole rings is 1. The van der Waals surface area contributed by atoms with Crippen molar-refractivity contribution in [2.45, 2.75) is 49.7 Å². The Balaban J connectivity index is 1.55. The standard InChI is InChI=1S/C12H17N5O2S/c18-10-5-6-11(19)16(10)7-8-20-12-13-14-15-17(12)9-3-1-2-4-9/h9H,1-8H2. The minimum atomic E-state index is -0.0639. The molecule has 0 aromatic carbocycles. The second-order valence-electron chi connectivity index (χ2n) is 5.13. The molecule has 2 fully saturated rings. The Bertz CT molecular complexity index is 496. The van der Waals surface area contributed by atoms with E-state index in [-0.39, 0.29) is 11.8 Å². The minimum absolute atomic E-state index is 0.0639. The van der Waals surface area contributed by atoms with Gasteiger partial charge in [-0.05, 0) is 23.3 Å². The number of hydrogen-bond acceptors (Lipinski definition) is 6. The van der Waals surface area contributed by atoms with E-state index in [0.29, 0.717) is 31.2 Å². The third-order valence-corrected chi connectivity index (χ3v) is 4.75. The fraction of sp³-hybridized carbons (Fsp3) is 0.750. The molecule has 1 aromatic rings. The zero-order valence-electron chi connectivity index (χ0n) is 11.2. The van der Waals surface area contributed by atoms with E-state index in [4.69, 9.17) is 0 Å². The van der Waals surface area contributed by atoms with Gasteiger partial charge in [0.2, 0.25) is 17.0 Å². The van der Waals surface area contributed by atoms with Crippen molar-refractivity contribution in [3.8, 4) is 0 Å². The summed E-state index contributed by atoms with van der Waals surface area (Å²) in [6, 6.07) is 0.405. The Morgan fingerprint density at radius 3 is 2.55 bits per heavy atom. The molecular weight excluding hydrogens is 278 g/mol. The normalized spacial score (nSPS) is 20.3. The lowest BCUT2D eigenvalue weighted by Crippen LogP contribution is -2.31.